The van der Waals surface area contributed by atoms with E-state index in [1.54, 1.807) is 14.2 Å². The molecular weight excluding hydrogens is 254 g/mol. The summed E-state index contributed by atoms with van der Waals surface area (Å²) in [5, 5.41) is 3.48. The van der Waals surface area contributed by atoms with Gasteiger partial charge in [-0.25, -0.2) is 9.97 Å². The number of hydrogen-bond acceptors (Lipinski definition) is 5. The zero-order valence-corrected chi connectivity index (χ0v) is 13.3. The highest BCUT2D eigenvalue weighted by atomic mass is 16.5. The maximum atomic E-state index is 5.27. The molecule has 5 nitrogen and oxygen atoms in total. The van der Waals surface area contributed by atoms with Crippen LogP contribution in [0.2, 0.25) is 0 Å². The third-order valence-corrected chi connectivity index (χ3v) is 5.22. The maximum Gasteiger partial charge on any atom is 0.224 e. The summed E-state index contributed by atoms with van der Waals surface area (Å²) >= 11 is 0. The Labute approximate surface area is 121 Å². The SMILES string of the molecule is COc1ncnc(OC)c1CNCC1C(C)(C)C1(C)C. The van der Waals surface area contributed by atoms with E-state index in [-0.39, 0.29) is 0 Å². The molecule has 1 fully saturated rings. The van der Waals surface area contributed by atoms with E-state index in [9.17, 15) is 0 Å². The van der Waals surface area contributed by atoms with Gasteiger partial charge in [-0.2, -0.15) is 0 Å². The van der Waals surface area contributed by atoms with Crippen molar-refractivity contribution in [3.63, 3.8) is 0 Å². The lowest BCUT2D eigenvalue weighted by molar-refractivity contribution is 0.358. The molecule has 0 aliphatic heterocycles. The summed E-state index contributed by atoms with van der Waals surface area (Å²) in [6, 6.07) is 0. The smallest absolute Gasteiger partial charge is 0.224 e. The van der Waals surface area contributed by atoms with Gasteiger partial charge < -0.3 is 14.8 Å². The van der Waals surface area contributed by atoms with Crippen LogP contribution < -0.4 is 14.8 Å². The second kappa shape index (κ2) is 5.20. The van der Waals surface area contributed by atoms with Gasteiger partial charge in [-0.3, -0.25) is 0 Å². The summed E-state index contributed by atoms with van der Waals surface area (Å²) in [5.41, 5.74) is 1.65. The van der Waals surface area contributed by atoms with Crippen molar-refractivity contribution in [2.45, 2.75) is 34.2 Å². The number of nitrogens with zero attached hydrogens (tertiary/aromatic N) is 2. The van der Waals surface area contributed by atoms with Crippen LogP contribution in [0.1, 0.15) is 33.3 Å². The van der Waals surface area contributed by atoms with E-state index in [0.29, 0.717) is 35.1 Å². The lowest BCUT2D eigenvalue weighted by Gasteiger charge is -2.12. The number of nitrogens with one attached hydrogen (secondary N) is 1. The van der Waals surface area contributed by atoms with Crippen molar-refractivity contribution in [3.8, 4) is 11.8 Å². The molecule has 1 heterocycles. The van der Waals surface area contributed by atoms with E-state index in [4.69, 9.17) is 9.47 Å². The third-order valence-electron chi connectivity index (χ3n) is 5.22. The molecule has 0 amide bonds. The second-order valence-electron chi connectivity index (χ2n) is 6.50. The van der Waals surface area contributed by atoms with E-state index >= 15 is 0 Å². The number of methoxy groups -OCH3 is 2. The molecule has 1 N–H and O–H groups in total. The monoisotopic (exact) mass is 279 g/mol. The van der Waals surface area contributed by atoms with Crippen LogP contribution in [0.25, 0.3) is 0 Å². The van der Waals surface area contributed by atoms with Gasteiger partial charge in [0.2, 0.25) is 11.8 Å². The van der Waals surface area contributed by atoms with E-state index < -0.39 is 0 Å². The minimum atomic E-state index is 0.390. The Morgan fingerprint density at radius 2 is 1.55 bits per heavy atom. The predicted octanol–water partition coefficient (Wildman–Crippen LogP) is 2.27. The van der Waals surface area contributed by atoms with E-state index in [0.717, 1.165) is 12.1 Å². The highest BCUT2D eigenvalue weighted by Gasteiger charge is 2.63. The van der Waals surface area contributed by atoms with Gasteiger partial charge >= 0.3 is 0 Å². The van der Waals surface area contributed by atoms with Crippen LogP contribution in [-0.4, -0.2) is 30.7 Å². The number of aromatic nitrogens is 2. The standard InChI is InChI=1S/C15H25N3O2/c1-14(2)11(15(14,3)4)8-16-7-10-12(19-5)17-9-18-13(10)20-6/h9,11,16H,7-8H2,1-6H3. The van der Waals surface area contributed by atoms with Crippen LogP contribution in [0.15, 0.2) is 6.33 Å². The summed E-state index contributed by atoms with van der Waals surface area (Å²) < 4.78 is 10.5. The zero-order valence-electron chi connectivity index (χ0n) is 13.3. The molecule has 1 aromatic heterocycles. The van der Waals surface area contributed by atoms with E-state index in [1.165, 1.54) is 6.33 Å². The number of rotatable bonds is 6. The van der Waals surface area contributed by atoms with Crippen molar-refractivity contribution in [2.24, 2.45) is 16.7 Å². The van der Waals surface area contributed by atoms with Crippen molar-refractivity contribution in [1.82, 2.24) is 15.3 Å². The molecule has 112 valence electrons. The third kappa shape index (κ3) is 2.35. The van der Waals surface area contributed by atoms with E-state index in [1.807, 2.05) is 0 Å². The van der Waals surface area contributed by atoms with Crippen LogP contribution in [0, 0.1) is 16.7 Å². The topological polar surface area (TPSA) is 56.3 Å². The quantitative estimate of drug-likeness (QED) is 0.865. The first-order valence-corrected chi connectivity index (χ1v) is 6.98. The largest absolute Gasteiger partial charge is 0.481 e. The molecule has 0 radical (unpaired) electrons. The molecule has 1 aromatic rings. The van der Waals surface area contributed by atoms with Crippen molar-refractivity contribution in [1.29, 1.82) is 0 Å². The Morgan fingerprint density at radius 3 is 1.95 bits per heavy atom. The van der Waals surface area contributed by atoms with Crippen molar-refractivity contribution < 1.29 is 9.47 Å². The molecule has 0 aromatic carbocycles. The summed E-state index contributed by atoms with van der Waals surface area (Å²) in [4.78, 5) is 8.25. The van der Waals surface area contributed by atoms with Gasteiger partial charge in [-0.15, -0.1) is 0 Å². The van der Waals surface area contributed by atoms with Crippen LogP contribution in [0.4, 0.5) is 0 Å². The fraction of sp³-hybridized carbons (Fsp3) is 0.733. The van der Waals surface area contributed by atoms with Gasteiger partial charge in [0.1, 0.15) is 6.33 Å². The van der Waals surface area contributed by atoms with Gasteiger partial charge in [0.05, 0.1) is 19.8 Å². The lowest BCUT2D eigenvalue weighted by atomic mass is 10.0. The summed E-state index contributed by atoms with van der Waals surface area (Å²) in [6.07, 6.45) is 1.45. The van der Waals surface area contributed by atoms with Crippen molar-refractivity contribution in [2.75, 3.05) is 20.8 Å². The zero-order chi connectivity index (χ0) is 15.0. The van der Waals surface area contributed by atoms with Crippen molar-refractivity contribution >= 4 is 0 Å². The van der Waals surface area contributed by atoms with Crippen LogP contribution in [-0.2, 0) is 6.54 Å². The Balaban J connectivity index is 1.99. The first-order valence-electron chi connectivity index (χ1n) is 6.98. The van der Waals surface area contributed by atoms with E-state index in [2.05, 4.69) is 43.0 Å². The number of ether oxygens (including phenoxy) is 2. The van der Waals surface area contributed by atoms with Crippen LogP contribution >= 0.6 is 0 Å². The average molecular weight is 279 g/mol. The van der Waals surface area contributed by atoms with Gasteiger partial charge in [0, 0.05) is 6.54 Å². The van der Waals surface area contributed by atoms with Crippen LogP contribution in [0.5, 0.6) is 11.8 Å². The fourth-order valence-electron chi connectivity index (χ4n) is 3.07. The molecule has 1 aliphatic carbocycles. The molecule has 0 unspecified atom stereocenters. The summed E-state index contributed by atoms with van der Waals surface area (Å²) in [7, 11) is 3.22. The average Bonchev–Trinajstić information content (AvgIpc) is 2.80. The highest BCUT2D eigenvalue weighted by molar-refractivity contribution is 5.34. The Hall–Kier alpha value is -1.36. The fourth-order valence-corrected chi connectivity index (χ4v) is 3.07. The molecule has 0 saturated heterocycles. The molecule has 2 rings (SSSR count). The minimum Gasteiger partial charge on any atom is -0.481 e. The predicted molar refractivity (Wildman–Crippen MR) is 77.9 cm³/mol. The molecule has 5 heteroatoms. The minimum absolute atomic E-state index is 0.390. The molecule has 1 saturated carbocycles. The molecular formula is C15H25N3O2. The molecule has 0 atom stereocenters. The normalized spacial score (nSPS) is 19.7. The van der Waals surface area contributed by atoms with Gasteiger partial charge in [-0.1, -0.05) is 27.7 Å². The summed E-state index contributed by atoms with van der Waals surface area (Å²) in [6.45, 7) is 10.9. The van der Waals surface area contributed by atoms with Gasteiger partial charge in [0.25, 0.3) is 0 Å². The summed E-state index contributed by atoms with van der Waals surface area (Å²) in [5.74, 6) is 1.81. The van der Waals surface area contributed by atoms with Crippen molar-refractivity contribution in [3.05, 3.63) is 11.9 Å². The molecule has 1 aliphatic rings. The Kier molecular flexibility index (Phi) is 3.91. The Bertz CT molecular complexity index is 450. The maximum absolute atomic E-state index is 5.27. The Morgan fingerprint density at radius 1 is 1.05 bits per heavy atom. The lowest BCUT2D eigenvalue weighted by Crippen LogP contribution is -2.20. The number of hydrogen-bond donors (Lipinski definition) is 1. The molecule has 0 spiro atoms. The van der Waals surface area contributed by atoms with Gasteiger partial charge in [0.15, 0.2) is 0 Å². The highest BCUT2D eigenvalue weighted by Crippen LogP contribution is 2.67. The van der Waals surface area contributed by atoms with Crippen LogP contribution in [0.3, 0.4) is 0 Å². The molecule has 20 heavy (non-hydrogen) atoms. The first-order chi connectivity index (χ1) is 9.36. The second-order valence-corrected chi connectivity index (χ2v) is 6.50. The first kappa shape index (κ1) is 15.0. The van der Waals surface area contributed by atoms with Gasteiger partial charge in [-0.05, 0) is 23.3 Å². The molecule has 0 bridgehead atoms.